The van der Waals surface area contributed by atoms with Gasteiger partial charge in [0.05, 0.1) is 39.9 Å². The summed E-state index contributed by atoms with van der Waals surface area (Å²) in [5, 5.41) is 14.0. The topological polar surface area (TPSA) is 105 Å². The lowest BCUT2D eigenvalue weighted by Crippen LogP contribution is -2.45. The van der Waals surface area contributed by atoms with E-state index < -0.39 is 20.0 Å². The molecule has 0 bridgehead atoms. The number of aliphatic hydroxyl groups is 1. The number of hydrogen-bond donors (Lipinski definition) is 3. The van der Waals surface area contributed by atoms with Crippen LogP contribution in [0.2, 0.25) is 0 Å². The average molecular weight is 1200 g/mol. The van der Waals surface area contributed by atoms with Crippen LogP contribution in [0.25, 0.3) is 0 Å². The third-order valence-electron chi connectivity index (χ3n) is 15.1. The van der Waals surface area contributed by atoms with Gasteiger partial charge in [-0.25, -0.2) is 4.57 Å². The minimum absolute atomic E-state index is 0.0476. The summed E-state index contributed by atoms with van der Waals surface area (Å²) >= 11 is 0. The van der Waals surface area contributed by atoms with Gasteiger partial charge in [0, 0.05) is 6.42 Å². The van der Waals surface area contributed by atoms with Crippen molar-refractivity contribution < 1.29 is 32.9 Å². The van der Waals surface area contributed by atoms with Crippen molar-refractivity contribution in [2.45, 2.75) is 302 Å². The third-order valence-corrected chi connectivity index (χ3v) is 16.1. The van der Waals surface area contributed by atoms with Crippen molar-refractivity contribution in [1.29, 1.82) is 0 Å². The molecule has 1 amide bonds. The minimum Gasteiger partial charge on any atom is -0.387 e. The molecule has 488 valence electrons. The van der Waals surface area contributed by atoms with Crippen molar-refractivity contribution in [3.8, 4) is 0 Å². The molecule has 0 fully saturated rings. The van der Waals surface area contributed by atoms with Crippen molar-refractivity contribution in [3.05, 3.63) is 134 Å². The molecule has 0 saturated heterocycles. The smallest absolute Gasteiger partial charge is 0.387 e. The molecule has 0 saturated carbocycles. The van der Waals surface area contributed by atoms with Crippen LogP contribution in [-0.2, 0) is 18.4 Å². The molecule has 3 atom stereocenters. The number of nitrogens with one attached hydrogen (secondary N) is 1. The maximum Gasteiger partial charge on any atom is 0.472 e. The predicted octanol–water partition coefficient (Wildman–Crippen LogP) is 22.6. The first-order valence-electron chi connectivity index (χ1n) is 35.1. The standard InChI is InChI=1S/C76H133N2O6P/c1-6-8-10-12-14-16-18-20-22-24-26-28-30-32-34-35-36-37-38-39-40-41-42-43-44-46-48-50-52-54-56-58-60-62-64-66-68-70-76(80)77-74(73-84-85(81,82)83-72-71-78(3,4)5)75(79)69-67-65-63-61-59-57-55-53-51-49-47-45-33-31-29-27-25-23-21-19-17-15-13-11-9-7-2/h8,10,14,16,20,22,26,28,32,34,36-37,39-40,42-43,51,53,59,61,67,69,74-75,79H,6-7,9,11-13,15,17-19,21,23-25,27,29-31,33,35,38,41,44-50,52,54-58,60,62-66,68,70-73H2,1-5H3,(H-,77,80,81,82)/p+1/b10-8-,16-14-,22-20-,28-26-,34-32-,37-36-,40-39-,43-42-,53-51+,61-59+,69-67+. The largest absolute Gasteiger partial charge is 0.472 e. The first-order chi connectivity index (χ1) is 41.5. The molecular weight excluding hydrogens is 1070 g/mol. The monoisotopic (exact) mass is 1200 g/mol. The van der Waals surface area contributed by atoms with Crippen LogP contribution >= 0.6 is 7.82 Å². The molecule has 85 heavy (non-hydrogen) atoms. The first-order valence-corrected chi connectivity index (χ1v) is 36.6. The number of likely N-dealkylation sites (N-methyl/N-ethyl adjacent to an activating group) is 1. The minimum atomic E-state index is -4.37. The van der Waals surface area contributed by atoms with Crippen molar-refractivity contribution >= 4 is 13.7 Å². The molecule has 0 radical (unpaired) electrons. The number of phosphoric ester groups is 1. The van der Waals surface area contributed by atoms with E-state index in [-0.39, 0.29) is 19.1 Å². The van der Waals surface area contributed by atoms with E-state index in [0.29, 0.717) is 17.4 Å². The van der Waals surface area contributed by atoms with Crippen molar-refractivity contribution in [2.24, 2.45) is 0 Å². The van der Waals surface area contributed by atoms with Crippen molar-refractivity contribution in [3.63, 3.8) is 0 Å². The zero-order valence-corrected chi connectivity index (χ0v) is 56.7. The fourth-order valence-electron chi connectivity index (χ4n) is 9.68. The van der Waals surface area contributed by atoms with Crippen molar-refractivity contribution in [2.75, 3.05) is 40.9 Å². The number of rotatable bonds is 63. The Kier molecular flexibility index (Phi) is 62.5. The molecule has 0 aromatic heterocycles. The van der Waals surface area contributed by atoms with E-state index in [1.165, 1.54) is 173 Å². The Labute approximate surface area is 526 Å². The Morgan fingerprint density at radius 2 is 0.718 bits per heavy atom. The van der Waals surface area contributed by atoms with E-state index >= 15 is 0 Å². The van der Waals surface area contributed by atoms with Gasteiger partial charge in [0.15, 0.2) is 0 Å². The van der Waals surface area contributed by atoms with Gasteiger partial charge in [-0.2, -0.15) is 0 Å². The summed E-state index contributed by atoms with van der Waals surface area (Å²) in [4.78, 5) is 23.4. The van der Waals surface area contributed by atoms with Gasteiger partial charge in [-0.05, 0) is 109 Å². The van der Waals surface area contributed by atoms with Crippen LogP contribution in [0.15, 0.2) is 134 Å². The molecule has 0 heterocycles. The first kappa shape index (κ1) is 81.6. The summed E-state index contributed by atoms with van der Waals surface area (Å²) in [6.07, 6.45) is 98.8. The van der Waals surface area contributed by atoms with Crippen LogP contribution in [0, 0.1) is 0 Å². The lowest BCUT2D eigenvalue weighted by atomic mass is 10.0. The molecule has 0 rings (SSSR count). The van der Waals surface area contributed by atoms with Crippen LogP contribution in [0.3, 0.4) is 0 Å². The highest BCUT2D eigenvalue weighted by Crippen LogP contribution is 2.43. The molecule has 3 unspecified atom stereocenters. The second-order valence-corrected chi connectivity index (χ2v) is 26.0. The number of aliphatic hydroxyl groups excluding tert-OH is 1. The number of unbranched alkanes of at least 4 members (excludes halogenated alkanes) is 30. The summed E-state index contributed by atoms with van der Waals surface area (Å²) in [6, 6.07) is -0.881. The zero-order chi connectivity index (χ0) is 61.9. The number of amides is 1. The maximum atomic E-state index is 13.0. The predicted molar refractivity (Wildman–Crippen MR) is 373 cm³/mol. The van der Waals surface area contributed by atoms with E-state index in [2.05, 4.69) is 141 Å². The van der Waals surface area contributed by atoms with E-state index in [9.17, 15) is 19.4 Å². The van der Waals surface area contributed by atoms with Crippen LogP contribution in [0.1, 0.15) is 290 Å². The quantitative estimate of drug-likeness (QED) is 0.0243. The van der Waals surface area contributed by atoms with Gasteiger partial charge in [-0.15, -0.1) is 0 Å². The molecule has 8 nitrogen and oxygen atoms in total. The molecule has 0 aliphatic heterocycles. The van der Waals surface area contributed by atoms with Gasteiger partial charge in [0.2, 0.25) is 5.91 Å². The average Bonchev–Trinajstić information content (AvgIpc) is 3.49. The molecule has 0 aliphatic rings. The molecule has 0 aromatic carbocycles. The van der Waals surface area contributed by atoms with Gasteiger partial charge < -0.3 is 19.8 Å². The van der Waals surface area contributed by atoms with E-state index in [0.717, 1.165) is 96.3 Å². The number of carbonyl (C=O) groups excluding carboxylic acids is 1. The molecule has 3 N–H and O–H groups in total. The van der Waals surface area contributed by atoms with Gasteiger partial charge in [0.1, 0.15) is 13.2 Å². The Hall–Kier alpha value is -3.36. The second-order valence-electron chi connectivity index (χ2n) is 24.5. The normalized spacial score (nSPS) is 14.5. The Morgan fingerprint density at radius 3 is 1.08 bits per heavy atom. The van der Waals surface area contributed by atoms with Crippen molar-refractivity contribution in [1.82, 2.24) is 5.32 Å². The summed E-state index contributed by atoms with van der Waals surface area (Å²) in [5.74, 6) is -0.196. The van der Waals surface area contributed by atoms with E-state index in [1.54, 1.807) is 6.08 Å². The van der Waals surface area contributed by atoms with Crippen LogP contribution in [0.4, 0.5) is 0 Å². The van der Waals surface area contributed by atoms with Gasteiger partial charge in [0.25, 0.3) is 0 Å². The fraction of sp³-hybridized carbons (Fsp3) is 0.697. The molecular formula is C76H134N2O6P+. The fourth-order valence-corrected chi connectivity index (χ4v) is 10.4. The third kappa shape index (κ3) is 68.0. The van der Waals surface area contributed by atoms with Gasteiger partial charge >= 0.3 is 7.82 Å². The van der Waals surface area contributed by atoms with Gasteiger partial charge in [-0.3, -0.25) is 13.8 Å². The summed E-state index contributed by atoms with van der Waals surface area (Å²) in [7, 11) is 1.54. The number of phosphoric acid groups is 1. The Bertz CT molecular complexity index is 1850. The van der Waals surface area contributed by atoms with Gasteiger partial charge in [-0.1, -0.05) is 308 Å². The number of carbonyl (C=O) groups is 1. The Morgan fingerprint density at radius 1 is 0.412 bits per heavy atom. The molecule has 0 spiro atoms. The SMILES string of the molecule is CC/C=C\C/C=C\C/C=C\C/C=C\C/C=C\C/C=C\C/C=C\C/C=C\CCCCCCCCCCCCCCC(=O)NC(COP(=O)(O)OCC[N+](C)(C)C)C(O)/C=C/CC/C=C/CC/C=C/CCCCCCCCCCCCCCCCCC. The number of allylic oxidation sites excluding steroid dienone is 21. The summed E-state index contributed by atoms with van der Waals surface area (Å²) in [6.45, 7) is 4.68. The van der Waals surface area contributed by atoms with Crippen LogP contribution < -0.4 is 5.32 Å². The number of hydrogen-bond acceptors (Lipinski definition) is 5. The van der Waals surface area contributed by atoms with Crippen LogP contribution in [-0.4, -0.2) is 73.4 Å². The molecule has 0 aliphatic carbocycles. The lowest BCUT2D eigenvalue weighted by molar-refractivity contribution is -0.870. The Balaban J connectivity index is 4.17. The number of nitrogens with zero attached hydrogens (tertiary/aromatic N) is 1. The highest BCUT2D eigenvalue weighted by molar-refractivity contribution is 7.47. The van der Waals surface area contributed by atoms with E-state index in [1.807, 2.05) is 27.2 Å². The number of quaternary nitrogens is 1. The zero-order valence-electron chi connectivity index (χ0n) is 55.8. The van der Waals surface area contributed by atoms with Crippen LogP contribution in [0.5, 0.6) is 0 Å². The maximum absolute atomic E-state index is 13.0. The molecule has 9 heteroatoms. The highest BCUT2D eigenvalue weighted by atomic mass is 31.2. The lowest BCUT2D eigenvalue weighted by Gasteiger charge is -2.25. The molecule has 0 aromatic rings. The second kappa shape index (κ2) is 65.1. The van der Waals surface area contributed by atoms with E-state index in [4.69, 9.17) is 9.05 Å². The summed E-state index contributed by atoms with van der Waals surface area (Å²) < 4.78 is 23.8. The highest BCUT2D eigenvalue weighted by Gasteiger charge is 2.28. The summed E-state index contributed by atoms with van der Waals surface area (Å²) in [5.41, 5.74) is 0.